The number of phenolic OH excluding ortho intramolecular Hbond substituents is 1. The number of hydrogen-bond donors (Lipinski definition) is 2. The van der Waals surface area contributed by atoms with Crippen LogP contribution in [0.15, 0.2) is 66.7 Å². The number of aromatic hydroxyl groups is 1. The number of carbonyl (C=O) groups is 1. The molecule has 0 aliphatic rings. The van der Waals surface area contributed by atoms with Crippen molar-refractivity contribution in [3.63, 3.8) is 0 Å². The van der Waals surface area contributed by atoms with Gasteiger partial charge in [-0.3, -0.25) is 4.79 Å². The minimum atomic E-state index is -0.333. The van der Waals surface area contributed by atoms with Crippen LogP contribution >= 0.6 is 0 Å². The molecule has 3 N–H and O–H groups in total. The Morgan fingerprint density at radius 1 is 0.882 bits per heavy atom. The van der Waals surface area contributed by atoms with Gasteiger partial charge in [-0.05, 0) is 12.1 Å². The van der Waals surface area contributed by atoms with Crippen molar-refractivity contribution in [1.82, 2.24) is 0 Å². The van der Waals surface area contributed by atoms with E-state index in [1.165, 1.54) is 6.92 Å². The number of amides is 1. The summed E-state index contributed by atoms with van der Waals surface area (Å²) in [4.78, 5) is 9.22. The Bertz CT molecular complexity index is 357. The number of nitrogens with two attached hydrogens (primary N) is 1. The van der Waals surface area contributed by atoms with E-state index in [4.69, 9.17) is 5.11 Å². The van der Waals surface area contributed by atoms with Gasteiger partial charge in [-0.25, -0.2) is 0 Å². The number of rotatable bonds is 0. The molecule has 0 saturated carbocycles. The van der Waals surface area contributed by atoms with E-state index in [9.17, 15) is 4.79 Å². The summed E-state index contributed by atoms with van der Waals surface area (Å²) in [6, 6.07) is 20.7. The summed E-state index contributed by atoms with van der Waals surface area (Å²) in [6.07, 6.45) is 0. The van der Waals surface area contributed by atoms with Crippen LogP contribution in [0.2, 0.25) is 0 Å². The zero-order valence-electron chi connectivity index (χ0n) is 9.78. The van der Waals surface area contributed by atoms with E-state index in [-0.39, 0.29) is 5.91 Å². The summed E-state index contributed by atoms with van der Waals surface area (Å²) >= 11 is 0. The highest BCUT2D eigenvalue weighted by atomic mass is 16.3. The summed E-state index contributed by atoms with van der Waals surface area (Å²) < 4.78 is 0. The van der Waals surface area contributed by atoms with Crippen LogP contribution in [0.5, 0.6) is 5.75 Å². The molecule has 3 nitrogen and oxygen atoms in total. The minimum Gasteiger partial charge on any atom is -0.508 e. The van der Waals surface area contributed by atoms with Crippen LogP contribution in [0.1, 0.15) is 6.92 Å². The lowest BCUT2D eigenvalue weighted by Gasteiger charge is -1.82. The number of primary amides is 1. The highest BCUT2D eigenvalue weighted by molar-refractivity contribution is 5.70. The van der Waals surface area contributed by atoms with Crippen molar-refractivity contribution in [1.29, 1.82) is 0 Å². The van der Waals surface area contributed by atoms with Gasteiger partial charge in [0.05, 0.1) is 0 Å². The number of para-hydroxylation sites is 1. The molecule has 0 aliphatic carbocycles. The molecule has 2 aromatic rings. The maximum absolute atomic E-state index is 9.22. The second kappa shape index (κ2) is 10.2. The summed E-state index contributed by atoms with van der Waals surface area (Å²) in [5.74, 6) is -0.0116. The molecule has 3 heteroatoms. The highest BCUT2D eigenvalue weighted by Gasteiger charge is 1.74. The van der Waals surface area contributed by atoms with Gasteiger partial charge in [0.15, 0.2) is 0 Å². The van der Waals surface area contributed by atoms with Crippen LogP contribution in [0.3, 0.4) is 0 Å². The van der Waals surface area contributed by atoms with Gasteiger partial charge in [-0.15, -0.1) is 0 Å². The summed E-state index contributed by atoms with van der Waals surface area (Å²) in [5.41, 5.74) is 4.47. The lowest BCUT2D eigenvalue weighted by atomic mass is 10.3. The van der Waals surface area contributed by atoms with Crippen molar-refractivity contribution in [3.05, 3.63) is 66.7 Å². The molecule has 2 aromatic carbocycles. The van der Waals surface area contributed by atoms with Gasteiger partial charge in [-0.2, -0.15) is 0 Å². The summed E-state index contributed by atoms with van der Waals surface area (Å²) in [5, 5.41) is 8.63. The second-order valence-electron chi connectivity index (χ2n) is 3.10. The lowest BCUT2D eigenvalue weighted by Crippen LogP contribution is -2.01. The Labute approximate surface area is 102 Å². The van der Waals surface area contributed by atoms with E-state index in [1.54, 1.807) is 24.3 Å². The Hall–Kier alpha value is -2.29. The summed E-state index contributed by atoms with van der Waals surface area (Å²) in [6.45, 7) is 1.31. The molecule has 0 heterocycles. The largest absolute Gasteiger partial charge is 0.508 e. The Kier molecular flexibility index (Phi) is 8.86. The maximum atomic E-state index is 9.22. The zero-order chi connectivity index (χ0) is 12.9. The minimum absolute atomic E-state index is 0.322. The molecule has 0 bridgehead atoms. The van der Waals surface area contributed by atoms with Crippen molar-refractivity contribution in [3.8, 4) is 5.75 Å². The van der Waals surface area contributed by atoms with Crippen molar-refractivity contribution in [2.75, 3.05) is 0 Å². The van der Waals surface area contributed by atoms with Gasteiger partial charge in [0.2, 0.25) is 5.91 Å². The first-order valence-corrected chi connectivity index (χ1v) is 5.13. The van der Waals surface area contributed by atoms with Gasteiger partial charge >= 0.3 is 0 Å². The molecule has 90 valence electrons. The molecule has 0 fully saturated rings. The first kappa shape index (κ1) is 14.7. The fraction of sp³-hybridized carbons (Fsp3) is 0.0714. The van der Waals surface area contributed by atoms with E-state index in [1.807, 2.05) is 42.5 Å². The van der Waals surface area contributed by atoms with E-state index in [0.29, 0.717) is 5.75 Å². The fourth-order valence-electron chi connectivity index (χ4n) is 0.813. The smallest absolute Gasteiger partial charge is 0.214 e. The molecular formula is C14H17NO2. The van der Waals surface area contributed by atoms with Gasteiger partial charge in [0, 0.05) is 6.92 Å². The molecule has 0 aromatic heterocycles. The number of hydrogen-bond acceptors (Lipinski definition) is 2. The first-order chi connectivity index (χ1) is 8.13. The van der Waals surface area contributed by atoms with Crippen LogP contribution in [-0.4, -0.2) is 11.0 Å². The molecule has 1 amide bonds. The molecular weight excluding hydrogens is 214 g/mol. The van der Waals surface area contributed by atoms with Crippen LogP contribution in [0.25, 0.3) is 0 Å². The van der Waals surface area contributed by atoms with Gasteiger partial charge in [0.25, 0.3) is 0 Å². The van der Waals surface area contributed by atoms with Crippen LogP contribution in [0.4, 0.5) is 0 Å². The van der Waals surface area contributed by atoms with Crippen molar-refractivity contribution < 1.29 is 9.90 Å². The van der Waals surface area contributed by atoms with Crippen LogP contribution in [-0.2, 0) is 4.79 Å². The second-order valence-corrected chi connectivity index (χ2v) is 3.10. The number of phenols is 1. The fourth-order valence-corrected chi connectivity index (χ4v) is 0.813. The molecule has 0 radical (unpaired) electrons. The predicted octanol–water partition coefficient (Wildman–Crippen LogP) is 2.57. The number of carbonyl (C=O) groups excluding carboxylic acids is 1. The average Bonchev–Trinajstić information content (AvgIpc) is 2.32. The van der Waals surface area contributed by atoms with E-state index in [0.717, 1.165) is 0 Å². The topological polar surface area (TPSA) is 63.3 Å². The van der Waals surface area contributed by atoms with Gasteiger partial charge in [0.1, 0.15) is 5.75 Å². The standard InChI is InChI=1S/C6H6O.C6H6.C2H5NO/c7-6-4-2-1-3-5-6;1-2-4-6-5-3-1;1-2(3)4/h1-5,7H;1-6H;1H3,(H2,3,4). The molecule has 2 rings (SSSR count). The molecule has 0 aliphatic heterocycles. The molecule has 0 spiro atoms. The van der Waals surface area contributed by atoms with E-state index >= 15 is 0 Å². The number of benzene rings is 2. The maximum Gasteiger partial charge on any atom is 0.214 e. The van der Waals surface area contributed by atoms with E-state index < -0.39 is 0 Å². The third kappa shape index (κ3) is 13.7. The quantitative estimate of drug-likeness (QED) is 0.732. The third-order valence-electron chi connectivity index (χ3n) is 1.42. The van der Waals surface area contributed by atoms with Crippen molar-refractivity contribution in [2.45, 2.75) is 6.92 Å². The van der Waals surface area contributed by atoms with Crippen molar-refractivity contribution in [2.24, 2.45) is 5.73 Å². The van der Waals surface area contributed by atoms with Crippen molar-refractivity contribution >= 4 is 5.91 Å². The Morgan fingerprint density at radius 3 is 1.29 bits per heavy atom. The highest BCUT2D eigenvalue weighted by Crippen LogP contribution is 2.02. The SMILES string of the molecule is CC(N)=O.Oc1ccccc1.c1ccccc1. The Balaban J connectivity index is 0.000000236. The lowest BCUT2D eigenvalue weighted by molar-refractivity contribution is -0.115. The van der Waals surface area contributed by atoms with Gasteiger partial charge < -0.3 is 10.8 Å². The van der Waals surface area contributed by atoms with Crippen LogP contribution < -0.4 is 5.73 Å². The normalized spacial score (nSPS) is 7.82. The third-order valence-corrected chi connectivity index (χ3v) is 1.42. The van der Waals surface area contributed by atoms with Gasteiger partial charge in [-0.1, -0.05) is 54.6 Å². The molecule has 17 heavy (non-hydrogen) atoms. The van der Waals surface area contributed by atoms with E-state index in [2.05, 4.69) is 5.73 Å². The molecule has 0 unspecified atom stereocenters. The monoisotopic (exact) mass is 231 g/mol. The predicted molar refractivity (Wildman–Crippen MR) is 69.4 cm³/mol. The zero-order valence-corrected chi connectivity index (χ0v) is 9.78. The Morgan fingerprint density at radius 2 is 1.12 bits per heavy atom. The summed E-state index contributed by atoms with van der Waals surface area (Å²) in [7, 11) is 0. The average molecular weight is 231 g/mol. The van der Waals surface area contributed by atoms with Crippen LogP contribution in [0, 0.1) is 0 Å². The molecule has 0 saturated heterocycles. The first-order valence-electron chi connectivity index (χ1n) is 5.13. The molecule has 0 atom stereocenters.